The van der Waals surface area contributed by atoms with Crippen LogP contribution in [0, 0.1) is 0 Å². The van der Waals surface area contributed by atoms with Crippen molar-refractivity contribution in [3.63, 3.8) is 0 Å². The molecule has 0 amide bonds. The SMILES string of the molecule is CC/C=C\C/C=C\C/C=C\C/C=C\CCCCCCCCCCCCCCCCCCCCC(=O)OCC(COC(=O)CCCCCCCC)OC(=O)CCCCCCCCCCCCCCCCCCC. The van der Waals surface area contributed by atoms with Crippen molar-refractivity contribution in [2.75, 3.05) is 13.2 Å². The van der Waals surface area contributed by atoms with Gasteiger partial charge in [0, 0.05) is 19.3 Å². The maximum atomic E-state index is 12.8. The van der Waals surface area contributed by atoms with Crippen molar-refractivity contribution < 1.29 is 28.6 Å². The van der Waals surface area contributed by atoms with Crippen LogP contribution in [0.5, 0.6) is 0 Å². The Labute approximate surface area is 448 Å². The molecule has 420 valence electrons. The Morgan fingerprint density at radius 1 is 0.292 bits per heavy atom. The lowest BCUT2D eigenvalue weighted by atomic mass is 10.0. The second-order valence-corrected chi connectivity index (χ2v) is 21.3. The Morgan fingerprint density at radius 2 is 0.542 bits per heavy atom. The number of carbonyl (C=O) groups excluding carboxylic acids is 3. The summed E-state index contributed by atoms with van der Waals surface area (Å²) in [7, 11) is 0. The van der Waals surface area contributed by atoms with Crippen LogP contribution in [-0.4, -0.2) is 37.2 Å². The molecule has 0 spiro atoms. The number of unbranched alkanes of at least 4 members (excludes halogenated alkanes) is 39. The predicted molar refractivity (Wildman–Crippen MR) is 312 cm³/mol. The second-order valence-electron chi connectivity index (χ2n) is 21.3. The number of hydrogen-bond acceptors (Lipinski definition) is 6. The Kier molecular flexibility index (Phi) is 58.7. The van der Waals surface area contributed by atoms with Crippen molar-refractivity contribution in [2.45, 2.75) is 341 Å². The van der Waals surface area contributed by atoms with Crippen LogP contribution in [0.1, 0.15) is 335 Å². The van der Waals surface area contributed by atoms with E-state index in [1.165, 1.54) is 212 Å². The zero-order chi connectivity index (χ0) is 52.2. The number of hydrogen-bond donors (Lipinski definition) is 0. The molecule has 0 saturated carbocycles. The molecule has 0 aromatic heterocycles. The predicted octanol–water partition coefficient (Wildman–Crippen LogP) is 21.4. The molecule has 0 aromatic rings. The minimum atomic E-state index is -0.765. The van der Waals surface area contributed by atoms with Crippen LogP contribution in [0.15, 0.2) is 48.6 Å². The van der Waals surface area contributed by atoms with Crippen molar-refractivity contribution in [2.24, 2.45) is 0 Å². The summed E-state index contributed by atoms with van der Waals surface area (Å²) in [5.74, 6) is -0.856. The van der Waals surface area contributed by atoms with Crippen LogP contribution in [0.3, 0.4) is 0 Å². The first-order valence-corrected chi connectivity index (χ1v) is 31.6. The summed E-state index contributed by atoms with van der Waals surface area (Å²) in [6.07, 6.45) is 75.9. The maximum absolute atomic E-state index is 12.8. The van der Waals surface area contributed by atoms with E-state index in [-0.39, 0.29) is 31.1 Å². The van der Waals surface area contributed by atoms with E-state index < -0.39 is 6.10 Å². The van der Waals surface area contributed by atoms with Crippen molar-refractivity contribution in [1.29, 1.82) is 0 Å². The van der Waals surface area contributed by atoms with Gasteiger partial charge in [0.2, 0.25) is 0 Å². The molecule has 0 fully saturated rings. The molecule has 6 nitrogen and oxygen atoms in total. The van der Waals surface area contributed by atoms with Gasteiger partial charge in [0.1, 0.15) is 13.2 Å². The van der Waals surface area contributed by atoms with Gasteiger partial charge in [-0.25, -0.2) is 0 Å². The van der Waals surface area contributed by atoms with E-state index in [2.05, 4.69) is 69.4 Å². The average Bonchev–Trinajstić information content (AvgIpc) is 3.38. The molecule has 0 rings (SSSR count). The average molecular weight is 1010 g/mol. The van der Waals surface area contributed by atoms with Crippen molar-refractivity contribution >= 4 is 17.9 Å². The Bertz CT molecular complexity index is 1250. The van der Waals surface area contributed by atoms with Gasteiger partial charge >= 0.3 is 17.9 Å². The van der Waals surface area contributed by atoms with Gasteiger partial charge in [-0.1, -0.05) is 307 Å². The summed E-state index contributed by atoms with van der Waals surface area (Å²) in [5, 5.41) is 0. The Balaban J connectivity index is 3.97. The lowest BCUT2D eigenvalue weighted by Crippen LogP contribution is -2.30. The van der Waals surface area contributed by atoms with Crippen LogP contribution >= 0.6 is 0 Å². The summed E-state index contributed by atoms with van der Waals surface area (Å²) in [5.41, 5.74) is 0. The van der Waals surface area contributed by atoms with E-state index in [0.29, 0.717) is 19.3 Å². The number of carbonyl (C=O) groups is 3. The minimum Gasteiger partial charge on any atom is -0.462 e. The number of allylic oxidation sites excluding steroid dienone is 8. The first kappa shape index (κ1) is 69.4. The largest absolute Gasteiger partial charge is 0.462 e. The molecule has 0 heterocycles. The van der Waals surface area contributed by atoms with Gasteiger partial charge in [0.15, 0.2) is 6.10 Å². The smallest absolute Gasteiger partial charge is 0.306 e. The van der Waals surface area contributed by atoms with E-state index in [1.807, 2.05) is 0 Å². The second kappa shape index (κ2) is 60.9. The molecule has 6 heteroatoms. The monoisotopic (exact) mass is 1010 g/mol. The Hall–Kier alpha value is -2.63. The molecule has 0 aromatic carbocycles. The first-order valence-electron chi connectivity index (χ1n) is 31.6. The fourth-order valence-corrected chi connectivity index (χ4v) is 9.38. The standard InChI is InChI=1S/C66H120O6/c1-4-7-10-13-16-18-20-22-24-26-27-28-29-30-31-32-33-34-35-36-37-38-39-41-42-44-46-48-50-53-56-59-65(68)71-62-63(61-70-64(67)58-55-52-15-12-9-6-3)72-66(69)60-57-54-51-49-47-45-43-40-25-23-21-19-17-14-11-8-5-2/h7,10,16,18,22,24,27-28,63H,4-6,8-9,11-15,17,19-21,23,25-26,29-62H2,1-3H3/b10-7-,18-16-,24-22-,28-27-. The van der Waals surface area contributed by atoms with Gasteiger partial charge in [-0.2, -0.15) is 0 Å². The number of esters is 3. The lowest BCUT2D eigenvalue weighted by Gasteiger charge is -2.18. The summed E-state index contributed by atoms with van der Waals surface area (Å²) in [4.78, 5) is 37.9. The highest BCUT2D eigenvalue weighted by molar-refractivity contribution is 5.71. The van der Waals surface area contributed by atoms with Gasteiger partial charge in [-0.3, -0.25) is 14.4 Å². The fraction of sp³-hybridized carbons (Fsp3) is 0.833. The van der Waals surface area contributed by atoms with E-state index in [1.54, 1.807) is 0 Å². The van der Waals surface area contributed by atoms with Crippen LogP contribution in [0.25, 0.3) is 0 Å². The van der Waals surface area contributed by atoms with Gasteiger partial charge in [0.05, 0.1) is 0 Å². The van der Waals surface area contributed by atoms with Crippen molar-refractivity contribution in [3.05, 3.63) is 48.6 Å². The molecular formula is C66H120O6. The summed E-state index contributed by atoms with van der Waals surface area (Å²) < 4.78 is 16.8. The van der Waals surface area contributed by atoms with Gasteiger partial charge in [-0.15, -0.1) is 0 Å². The van der Waals surface area contributed by atoms with Crippen LogP contribution in [0.2, 0.25) is 0 Å². The lowest BCUT2D eigenvalue weighted by molar-refractivity contribution is -0.167. The maximum Gasteiger partial charge on any atom is 0.306 e. The van der Waals surface area contributed by atoms with Gasteiger partial charge < -0.3 is 14.2 Å². The van der Waals surface area contributed by atoms with Crippen molar-refractivity contribution in [1.82, 2.24) is 0 Å². The van der Waals surface area contributed by atoms with Crippen LogP contribution < -0.4 is 0 Å². The summed E-state index contributed by atoms with van der Waals surface area (Å²) in [6, 6.07) is 0. The van der Waals surface area contributed by atoms with Gasteiger partial charge in [-0.05, 0) is 57.8 Å². The summed E-state index contributed by atoms with van der Waals surface area (Å²) in [6.45, 7) is 6.52. The third-order valence-electron chi connectivity index (χ3n) is 14.1. The molecule has 0 aliphatic carbocycles. The molecule has 0 bridgehead atoms. The third kappa shape index (κ3) is 58.3. The molecule has 1 atom stereocenters. The first-order chi connectivity index (χ1) is 35.5. The highest BCUT2D eigenvalue weighted by Crippen LogP contribution is 2.18. The minimum absolute atomic E-state index is 0.0669. The van der Waals surface area contributed by atoms with E-state index in [0.717, 1.165) is 83.5 Å². The molecule has 0 N–H and O–H groups in total. The molecule has 0 aliphatic heterocycles. The molecule has 0 saturated heterocycles. The normalized spacial score (nSPS) is 12.3. The topological polar surface area (TPSA) is 78.9 Å². The van der Waals surface area contributed by atoms with Gasteiger partial charge in [0.25, 0.3) is 0 Å². The van der Waals surface area contributed by atoms with Crippen LogP contribution in [-0.2, 0) is 28.6 Å². The molecule has 0 radical (unpaired) electrons. The zero-order valence-corrected chi connectivity index (χ0v) is 48.2. The van der Waals surface area contributed by atoms with E-state index >= 15 is 0 Å². The van der Waals surface area contributed by atoms with E-state index in [9.17, 15) is 14.4 Å². The Morgan fingerprint density at radius 3 is 0.847 bits per heavy atom. The van der Waals surface area contributed by atoms with Crippen LogP contribution in [0.4, 0.5) is 0 Å². The zero-order valence-electron chi connectivity index (χ0n) is 48.2. The molecular weight excluding hydrogens is 889 g/mol. The summed E-state index contributed by atoms with van der Waals surface area (Å²) >= 11 is 0. The molecule has 0 aliphatic rings. The quantitative estimate of drug-likeness (QED) is 0.0261. The number of ether oxygens (including phenoxy) is 3. The highest BCUT2D eigenvalue weighted by Gasteiger charge is 2.19. The van der Waals surface area contributed by atoms with Crippen molar-refractivity contribution in [3.8, 4) is 0 Å². The highest BCUT2D eigenvalue weighted by atomic mass is 16.6. The number of rotatable bonds is 58. The molecule has 1 unspecified atom stereocenters. The third-order valence-corrected chi connectivity index (χ3v) is 14.1. The van der Waals surface area contributed by atoms with E-state index in [4.69, 9.17) is 14.2 Å². The fourth-order valence-electron chi connectivity index (χ4n) is 9.38. The molecule has 72 heavy (non-hydrogen) atoms.